The molecule has 0 spiro atoms. The fraction of sp³-hybridized carbons (Fsp3) is 0.538. The zero-order chi connectivity index (χ0) is 15.3. The number of sulfonamides is 1. The lowest BCUT2D eigenvalue weighted by atomic mass is 10.1. The summed E-state index contributed by atoms with van der Waals surface area (Å²) in [5.74, 6) is 0. The number of nitrogens with one attached hydrogen (secondary N) is 1. The Hall–Kier alpha value is -0.660. The summed E-state index contributed by atoms with van der Waals surface area (Å²) in [5, 5.41) is 0.362. The molecule has 1 atom stereocenters. The van der Waals surface area contributed by atoms with E-state index in [9.17, 15) is 8.42 Å². The quantitative estimate of drug-likeness (QED) is 0.803. The van der Waals surface area contributed by atoms with E-state index in [0.717, 1.165) is 5.56 Å². The van der Waals surface area contributed by atoms with Gasteiger partial charge in [0.1, 0.15) is 0 Å². The van der Waals surface area contributed by atoms with E-state index in [1.165, 1.54) is 6.07 Å². The van der Waals surface area contributed by atoms with Gasteiger partial charge in [-0.2, -0.15) is 0 Å². The first-order valence-electron chi connectivity index (χ1n) is 6.32. The molecule has 1 aromatic carbocycles. The van der Waals surface area contributed by atoms with Gasteiger partial charge in [0.2, 0.25) is 10.0 Å². The van der Waals surface area contributed by atoms with Gasteiger partial charge in [-0.15, -0.1) is 0 Å². The van der Waals surface area contributed by atoms with E-state index < -0.39 is 10.0 Å². The lowest BCUT2D eigenvalue weighted by Crippen LogP contribution is -2.34. The van der Waals surface area contributed by atoms with Gasteiger partial charge in [-0.25, -0.2) is 13.1 Å². The number of hydrogen-bond donors (Lipinski definition) is 2. The van der Waals surface area contributed by atoms with Crippen molar-refractivity contribution in [1.29, 1.82) is 0 Å². The van der Waals surface area contributed by atoms with E-state index in [1.807, 2.05) is 0 Å². The SMILES string of the molecule is COCCC(C)NS(=O)(=O)c1cc(Cl)cc(CN)c1C. The number of ether oxygens (including phenoxy) is 1. The van der Waals surface area contributed by atoms with Crippen molar-refractivity contribution in [3.63, 3.8) is 0 Å². The summed E-state index contributed by atoms with van der Waals surface area (Å²) < 4.78 is 32.4. The normalized spacial score (nSPS) is 13.4. The van der Waals surface area contributed by atoms with Crippen molar-refractivity contribution < 1.29 is 13.2 Å². The molecule has 0 bridgehead atoms. The maximum Gasteiger partial charge on any atom is 0.241 e. The Kier molecular flexibility index (Phi) is 6.42. The van der Waals surface area contributed by atoms with Gasteiger partial charge in [0.05, 0.1) is 4.90 Å². The largest absolute Gasteiger partial charge is 0.385 e. The second-order valence-electron chi connectivity index (χ2n) is 4.70. The third-order valence-electron chi connectivity index (χ3n) is 3.05. The maximum absolute atomic E-state index is 12.4. The molecule has 0 saturated heterocycles. The third kappa shape index (κ3) is 4.43. The van der Waals surface area contributed by atoms with Gasteiger partial charge in [-0.1, -0.05) is 11.6 Å². The number of rotatable bonds is 7. The Labute approximate surface area is 125 Å². The van der Waals surface area contributed by atoms with E-state index in [0.29, 0.717) is 23.6 Å². The molecule has 0 aliphatic rings. The second kappa shape index (κ2) is 7.38. The first kappa shape index (κ1) is 17.4. The van der Waals surface area contributed by atoms with E-state index in [-0.39, 0.29) is 17.5 Å². The molecule has 1 unspecified atom stereocenters. The minimum absolute atomic E-state index is 0.176. The Balaban J connectivity index is 3.06. The molecule has 0 aliphatic heterocycles. The summed E-state index contributed by atoms with van der Waals surface area (Å²) in [6.07, 6.45) is 0.596. The van der Waals surface area contributed by atoms with Gasteiger partial charge in [-0.3, -0.25) is 0 Å². The van der Waals surface area contributed by atoms with Crippen LogP contribution in [0.5, 0.6) is 0 Å². The predicted octanol–water partition coefficient (Wildman–Crippen LogP) is 1.81. The molecule has 0 aromatic heterocycles. The highest BCUT2D eigenvalue weighted by atomic mass is 35.5. The molecule has 1 aromatic rings. The minimum atomic E-state index is -3.62. The van der Waals surface area contributed by atoms with Crippen LogP contribution in [-0.2, 0) is 21.3 Å². The van der Waals surface area contributed by atoms with Gasteiger partial charge in [0.15, 0.2) is 0 Å². The summed E-state index contributed by atoms with van der Waals surface area (Å²) in [6, 6.07) is 2.91. The van der Waals surface area contributed by atoms with Gasteiger partial charge in [-0.05, 0) is 43.5 Å². The molecule has 114 valence electrons. The minimum Gasteiger partial charge on any atom is -0.385 e. The number of halogens is 1. The second-order valence-corrected chi connectivity index (χ2v) is 6.81. The molecule has 20 heavy (non-hydrogen) atoms. The predicted molar refractivity (Wildman–Crippen MR) is 80.4 cm³/mol. The van der Waals surface area contributed by atoms with Crippen molar-refractivity contribution >= 4 is 21.6 Å². The van der Waals surface area contributed by atoms with Crippen LogP contribution in [-0.4, -0.2) is 28.2 Å². The first-order chi connectivity index (χ1) is 9.31. The molecule has 7 heteroatoms. The van der Waals surface area contributed by atoms with Crippen LogP contribution in [0.15, 0.2) is 17.0 Å². The summed E-state index contributed by atoms with van der Waals surface area (Å²) >= 11 is 5.96. The monoisotopic (exact) mass is 320 g/mol. The Bertz CT molecular complexity index is 561. The van der Waals surface area contributed by atoms with Crippen LogP contribution >= 0.6 is 11.6 Å². The van der Waals surface area contributed by atoms with Crippen LogP contribution in [0.3, 0.4) is 0 Å². The number of methoxy groups -OCH3 is 1. The van der Waals surface area contributed by atoms with Gasteiger partial charge in [0, 0.05) is 31.3 Å². The average molecular weight is 321 g/mol. The van der Waals surface area contributed by atoms with Crippen LogP contribution in [0.25, 0.3) is 0 Å². The van der Waals surface area contributed by atoms with Crippen molar-refractivity contribution in [3.05, 3.63) is 28.3 Å². The Morgan fingerprint density at radius 2 is 2.10 bits per heavy atom. The Morgan fingerprint density at radius 1 is 1.45 bits per heavy atom. The van der Waals surface area contributed by atoms with Gasteiger partial charge in [0.25, 0.3) is 0 Å². The van der Waals surface area contributed by atoms with Crippen molar-refractivity contribution in [1.82, 2.24) is 4.72 Å². The van der Waals surface area contributed by atoms with Crippen LogP contribution in [0.2, 0.25) is 5.02 Å². The fourth-order valence-corrected chi connectivity index (χ4v) is 3.78. The van der Waals surface area contributed by atoms with E-state index in [2.05, 4.69) is 4.72 Å². The number of nitrogens with two attached hydrogens (primary N) is 1. The maximum atomic E-state index is 12.4. The fourth-order valence-electron chi connectivity index (χ4n) is 1.88. The smallest absolute Gasteiger partial charge is 0.241 e. The molecule has 3 N–H and O–H groups in total. The molecule has 1 rings (SSSR count). The zero-order valence-electron chi connectivity index (χ0n) is 11.9. The molecule has 0 aliphatic carbocycles. The lowest BCUT2D eigenvalue weighted by molar-refractivity contribution is 0.188. The standard InChI is InChI=1S/C13H21ClN2O3S/c1-9(4-5-19-3)16-20(17,18)13-7-12(14)6-11(8-15)10(13)2/h6-7,9,16H,4-5,8,15H2,1-3H3. The molecular formula is C13H21ClN2O3S. The summed E-state index contributed by atoms with van der Waals surface area (Å²) in [7, 11) is -2.04. The van der Waals surface area contributed by atoms with E-state index in [1.54, 1.807) is 27.0 Å². The Morgan fingerprint density at radius 3 is 2.65 bits per heavy atom. The van der Waals surface area contributed by atoms with Crippen LogP contribution in [0.1, 0.15) is 24.5 Å². The van der Waals surface area contributed by atoms with Gasteiger partial charge < -0.3 is 10.5 Å². The van der Waals surface area contributed by atoms with Crippen LogP contribution < -0.4 is 10.5 Å². The van der Waals surface area contributed by atoms with Crippen molar-refractivity contribution in [2.24, 2.45) is 5.73 Å². The summed E-state index contributed by atoms with van der Waals surface area (Å²) in [5.41, 5.74) is 6.96. The molecule has 0 heterocycles. The van der Waals surface area contributed by atoms with Crippen LogP contribution in [0.4, 0.5) is 0 Å². The average Bonchev–Trinajstić information content (AvgIpc) is 2.37. The zero-order valence-corrected chi connectivity index (χ0v) is 13.5. The first-order valence-corrected chi connectivity index (χ1v) is 8.18. The van der Waals surface area contributed by atoms with Crippen molar-refractivity contribution in [2.45, 2.75) is 37.8 Å². The lowest BCUT2D eigenvalue weighted by Gasteiger charge is -2.16. The number of benzene rings is 1. The van der Waals surface area contributed by atoms with Crippen molar-refractivity contribution in [2.75, 3.05) is 13.7 Å². The van der Waals surface area contributed by atoms with E-state index in [4.69, 9.17) is 22.1 Å². The van der Waals surface area contributed by atoms with E-state index >= 15 is 0 Å². The van der Waals surface area contributed by atoms with Crippen LogP contribution in [0, 0.1) is 6.92 Å². The molecular weight excluding hydrogens is 300 g/mol. The molecule has 0 amide bonds. The molecule has 0 radical (unpaired) electrons. The highest BCUT2D eigenvalue weighted by Gasteiger charge is 2.21. The highest BCUT2D eigenvalue weighted by molar-refractivity contribution is 7.89. The van der Waals surface area contributed by atoms with Gasteiger partial charge >= 0.3 is 0 Å². The number of hydrogen-bond acceptors (Lipinski definition) is 4. The van der Waals surface area contributed by atoms with Crippen molar-refractivity contribution in [3.8, 4) is 0 Å². The molecule has 0 fully saturated rings. The topological polar surface area (TPSA) is 81.4 Å². The summed E-state index contributed by atoms with van der Waals surface area (Å²) in [6.45, 7) is 4.26. The molecule has 5 nitrogen and oxygen atoms in total. The summed E-state index contributed by atoms with van der Waals surface area (Å²) in [4.78, 5) is 0.176. The highest BCUT2D eigenvalue weighted by Crippen LogP contribution is 2.24. The molecule has 0 saturated carbocycles. The third-order valence-corrected chi connectivity index (χ3v) is 4.99.